The number of halogens is 1. The minimum absolute atomic E-state index is 0.211. The van der Waals surface area contributed by atoms with E-state index >= 15 is 0 Å². The van der Waals surface area contributed by atoms with E-state index in [1.165, 1.54) is 6.92 Å². The van der Waals surface area contributed by atoms with Gasteiger partial charge in [-0.1, -0.05) is 0 Å². The highest BCUT2D eigenvalue weighted by Crippen LogP contribution is 1.97. The quantitative estimate of drug-likeness (QED) is 0.350. The van der Waals surface area contributed by atoms with Gasteiger partial charge in [0.05, 0.1) is 12.0 Å². The Balaban J connectivity index is 3.19. The molecule has 0 radical (unpaired) electrons. The molecule has 4 heteroatoms. The lowest BCUT2D eigenvalue weighted by atomic mass is 10.3. The number of hydrogen-bond donors (Lipinski definition) is 0. The molecule has 0 rings (SSSR count). The highest BCUT2D eigenvalue weighted by atomic mass is 35.5. The number of rotatable bonds is 4. The zero-order chi connectivity index (χ0) is 7.98. The fraction of sp³-hybridized carbons (Fsp3) is 0.667. The van der Waals surface area contributed by atoms with Gasteiger partial charge in [0.1, 0.15) is 6.29 Å². The van der Waals surface area contributed by atoms with Crippen LogP contribution in [0.1, 0.15) is 13.3 Å². The maximum atomic E-state index is 10.2. The predicted molar refractivity (Wildman–Crippen MR) is 37.0 cm³/mol. The first-order valence-corrected chi connectivity index (χ1v) is 3.33. The first-order valence-electron chi connectivity index (χ1n) is 2.89. The number of ether oxygens (including phenoxy) is 1. The van der Waals surface area contributed by atoms with Gasteiger partial charge in [0.15, 0.2) is 0 Å². The van der Waals surface area contributed by atoms with E-state index < -0.39 is 5.38 Å². The summed E-state index contributed by atoms with van der Waals surface area (Å²) in [6.45, 7) is 1.52. The van der Waals surface area contributed by atoms with Crippen molar-refractivity contribution in [3.63, 3.8) is 0 Å². The van der Waals surface area contributed by atoms with E-state index in [-0.39, 0.29) is 12.6 Å². The lowest BCUT2D eigenvalue weighted by Gasteiger charge is -2.00. The van der Waals surface area contributed by atoms with E-state index in [0.717, 1.165) is 0 Å². The van der Waals surface area contributed by atoms with Crippen LogP contribution in [-0.2, 0) is 14.3 Å². The summed E-state index contributed by atoms with van der Waals surface area (Å²) in [6, 6.07) is 0. The molecule has 0 spiro atoms. The van der Waals surface area contributed by atoms with Gasteiger partial charge in [-0.3, -0.25) is 4.79 Å². The van der Waals surface area contributed by atoms with Crippen LogP contribution in [0.25, 0.3) is 0 Å². The third-order valence-electron chi connectivity index (χ3n) is 0.847. The molecule has 0 aliphatic carbocycles. The lowest BCUT2D eigenvalue weighted by molar-refractivity contribution is -0.141. The van der Waals surface area contributed by atoms with Crippen LogP contribution in [0.3, 0.4) is 0 Å². The third-order valence-corrected chi connectivity index (χ3v) is 1.17. The maximum Gasteiger partial charge on any atom is 0.302 e. The van der Waals surface area contributed by atoms with Crippen LogP contribution in [0.15, 0.2) is 0 Å². The van der Waals surface area contributed by atoms with Gasteiger partial charge in [-0.05, 0) is 0 Å². The fourth-order valence-corrected chi connectivity index (χ4v) is 0.472. The predicted octanol–water partition coefficient (Wildman–Crippen LogP) is 0.746. The fourth-order valence-electron chi connectivity index (χ4n) is 0.383. The van der Waals surface area contributed by atoms with Crippen molar-refractivity contribution in [3.8, 4) is 0 Å². The first-order chi connectivity index (χ1) is 4.66. The Hall–Kier alpha value is -0.570. The van der Waals surface area contributed by atoms with Crippen molar-refractivity contribution in [2.24, 2.45) is 0 Å². The Labute approximate surface area is 64.3 Å². The highest BCUT2D eigenvalue weighted by molar-refractivity contribution is 6.27. The Morgan fingerprint density at radius 2 is 2.40 bits per heavy atom. The molecule has 0 heterocycles. The van der Waals surface area contributed by atoms with E-state index in [4.69, 9.17) is 11.6 Å². The number of esters is 1. The van der Waals surface area contributed by atoms with Crippen molar-refractivity contribution >= 4 is 23.9 Å². The normalized spacial score (nSPS) is 12.2. The molecule has 0 amide bonds. The summed E-state index contributed by atoms with van der Waals surface area (Å²) in [5, 5.41) is -0.542. The lowest BCUT2D eigenvalue weighted by Crippen LogP contribution is -2.07. The van der Waals surface area contributed by atoms with Crippen LogP contribution in [0.4, 0.5) is 0 Å². The maximum absolute atomic E-state index is 10.2. The molecule has 1 unspecified atom stereocenters. The summed E-state index contributed by atoms with van der Waals surface area (Å²) in [6.07, 6.45) is 0.996. The van der Waals surface area contributed by atoms with E-state index in [1.807, 2.05) is 0 Å². The Kier molecular flexibility index (Phi) is 4.94. The van der Waals surface area contributed by atoms with Gasteiger partial charge in [-0.15, -0.1) is 11.6 Å². The average Bonchev–Trinajstić information content (AvgIpc) is 1.87. The molecule has 0 saturated carbocycles. The first kappa shape index (κ1) is 9.43. The number of aldehydes is 1. The minimum atomic E-state index is -0.542. The number of carbonyl (C=O) groups excluding carboxylic acids is 2. The monoisotopic (exact) mass is 164 g/mol. The van der Waals surface area contributed by atoms with Crippen LogP contribution < -0.4 is 0 Å². The molecule has 0 bridgehead atoms. The molecular weight excluding hydrogens is 156 g/mol. The van der Waals surface area contributed by atoms with Gasteiger partial charge in [0.25, 0.3) is 0 Å². The summed E-state index contributed by atoms with van der Waals surface area (Å²) in [5.74, 6) is -0.352. The molecule has 0 aliphatic rings. The van der Waals surface area contributed by atoms with E-state index in [9.17, 15) is 9.59 Å². The summed E-state index contributed by atoms with van der Waals surface area (Å²) in [7, 11) is 0. The van der Waals surface area contributed by atoms with Crippen molar-refractivity contribution in [2.75, 3.05) is 6.61 Å². The van der Waals surface area contributed by atoms with Gasteiger partial charge in [0, 0.05) is 13.3 Å². The zero-order valence-electron chi connectivity index (χ0n) is 5.67. The molecule has 0 aliphatic heterocycles. The van der Waals surface area contributed by atoms with Crippen molar-refractivity contribution in [1.29, 1.82) is 0 Å². The molecule has 1 atom stereocenters. The van der Waals surface area contributed by atoms with Gasteiger partial charge in [0.2, 0.25) is 0 Å². The number of hydrogen-bond acceptors (Lipinski definition) is 3. The smallest absolute Gasteiger partial charge is 0.302 e. The van der Waals surface area contributed by atoms with Crippen molar-refractivity contribution < 1.29 is 14.3 Å². The molecule has 3 nitrogen and oxygen atoms in total. The van der Waals surface area contributed by atoms with E-state index in [0.29, 0.717) is 12.7 Å². The molecule has 0 aromatic heterocycles. The molecule has 0 N–H and O–H groups in total. The Morgan fingerprint density at radius 3 is 2.80 bits per heavy atom. The summed E-state index contributed by atoms with van der Waals surface area (Å²) < 4.78 is 4.53. The van der Waals surface area contributed by atoms with Crippen molar-refractivity contribution in [3.05, 3.63) is 0 Å². The van der Waals surface area contributed by atoms with Crippen LogP contribution in [0.5, 0.6) is 0 Å². The molecule has 58 valence electrons. The van der Waals surface area contributed by atoms with E-state index in [1.54, 1.807) is 0 Å². The molecule has 0 fully saturated rings. The van der Waals surface area contributed by atoms with Crippen LogP contribution >= 0.6 is 11.6 Å². The van der Waals surface area contributed by atoms with Crippen molar-refractivity contribution in [2.45, 2.75) is 18.7 Å². The topological polar surface area (TPSA) is 43.4 Å². The summed E-state index contributed by atoms with van der Waals surface area (Å²) in [5.41, 5.74) is 0. The minimum Gasteiger partial charge on any atom is -0.466 e. The molecule has 0 aromatic carbocycles. The average molecular weight is 165 g/mol. The SMILES string of the molecule is CC(=O)OCCC(Cl)C=O. The van der Waals surface area contributed by atoms with Crippen LogP contribution in [-0.4, -0.2) is 24.2 Å². The summed E-state index contributed by atoms with van der Waals surface area (Å²) in [4.78, 5) is 20.1. The van der Waals surface area contributed by atoms with Crippen molar-refractivity contribution in [1.82, 2.24) is 0 Å². The second kappa shape index (κ2) is 5.23. The largest absolute Gasteiger partial charge is 0.466 e. The molecular formula is C6H9ClO3. The van der Waals surface area contributed by atoms with Gasteiger partial charge in [-0.2, -0.15) is 0 Å². The molecule has 0 saturated heterocycles. The Bertz CT molecular complexity index is 124. The van der Waals surface area contributed by atoms with E-state index in [2.05, 4.69) is 4.74 Å². The number of carbonyl (C=O) groups is 2. The molecule has 10 heavy (non-hydrogen) atoms. The second-order valence-corrected chi connectivity index (χ2v) is 2.34. The standard InChI is InChI=1S/C6H9ClO3/c1-5(9)10-3-2-6(7)4-8/h4,6H,2-3H2,1H3. The van der Waals surface area contributed by atoms with Gasteiger partial charge in [-0.25, -0.2) is 0 Å². The van der Waals surface area contributed by atoms with Crippen LogP contribution in [0.2, 0.25) is 0 Å². The highest BCUT2D eigenvalue weighted by Gasteiger charge is 2.01. The van der Waals surface area contributed by atoms with Gasteiger partial charge < -0.3 is 9.53 Å². The zero-order valence-corrected chi connectivity index (χ0v) is 6.43. The van der Waals surface area contributed by atoms with Gasteiger partial charge >= 0.3 is 5.97 Å². The molecule has 0 aromatic rings. The summed E-state index contributed by atoms with van der Waals surface area (Å²) >= 11 is 5.39. The number of alkyl halides is 1. The second-order valence-electron chi connectivity index (χ2n) is 1.78. The third kappa shape index (κ3) is 5.56. The van der Waals surface area contributed by atoms with Crippen LogP contribution in [0, 0.1) is 0 Å². The Morgan fingerprint density at radius 1 is 1.80 bits per heavy atom.